The maximum atomic E-state index is 14.6. The summed E-state index contributed by atoms with van der Waals surface area (Å²) >= 11 is 0. The van der Waals surface area contributed by atoms with Crippen molar-refractivity contribution in [3.05, 3.63) is 11.6 Å². The molecule has 0 spiro atoms. The molecule has 1 heterocycles. The van der Waals surface area contributed by atoms with Crippen LogP contribution in [0.2, 0.25) is 0 Å². The van der Waals surface area contributed by atoms with Crippen molar-refractivity contribution >= 4 is 0 Å². The zero-order valence-electron chi connectivity index (χ0n) is 8.98. The molecule has 1 saturated heterocycles. The fourth-order valence-electron chi connectivity index (χ4n) is 2.66. The van der Waals surface area contributed by atoms with E-state index in [-0.39, 0.29) is 5.92 Å². The highest BCUT2D eigenvalue weighted by Gasteiger charge is 2.39. The molecule has 0 aromatic rings. The summed E-state index contributed by atoms with van der Waals surface area (Å²) in [5.74, 6) is 0.201. The number of alkyl halides is 1. The monoisotopic (exact) mass is 197 g/mol. The summed E-state index contributed by atoms with van der Waals surface area (Å²) in [6.07, 6.45) is 7.60. The van der Waals surface area contributed by atoms with Crippen molar-refractivity contribution in [3.63, 3.8) is 0 Å². The van der Waals surface area contributed by atoms with E-state index >= 15 is 0 Å². The van der Waals surface area contributed by atoms with Crippen molar-refractivity contribution < 1.29 is 4.39 Å². The number of allylic oxidation sites excluding steroid dienone is 2. The van der Waals surface area contributed by atoms with Gasteiger partial charge >= 0.3 is 0 Å². The quantitative estimate of drug-likeness (QED) is 0.671. The van der Waals surface area contributed by atoms with Crippen molar-refractivity contribution in [3.8, 4) is 0 Å². The Morgan fingerprint density at radius 3 is 2.93 bits per heavy atom. The molecule has 1 aliphatic heterocycles. The summed E-state index contributed by atoms with van der Waals surface area (Å²) in [5, 5.41) is 3.25. The topological polar surface area (TPSA) is 12.0 Å². The van der Waals surface area contributed by atoms with Gasteiger partial charge in [-0.1, -0.05) is 6.08 Å². The fourth-order valence-corrected chi connectivity index (χ4v) is 2.66. The van der Waals surface area contributed by atoms with Gasteiger partial charge in [0.05, 0.1) is 0 Å². The van der Waals surface area contributed by atoms with Crippen LogP contribution < -0.4 is 5.32 Å². The summed E-state index contributed by atoms with van der Waals surface area (Å²) in [7, 11) is 0. The number of rotatable bonds is 2. The maximum absolute atomic E-state index is 14.6. The highest BCUT2D eigenvalue weighted by Crippen LogP contribution is 2.38. The summed E-state index contributed by atoms with van der Waals surface area (Å²) in [6, 6.07) is 0. The molecule has 0 amide bonds. The maximum Gasteiger partial charge on any atom is 0.133 e. The minimum atomic E-state index is -1.05. The predicted molar refractivity (Wildman–Crippen MR) is 57.0 cm³/mol. The van der Waals surface area contributed by atoms with Crippen LogP contribution in [0.25, 0.3) is 0 Å². The third-order valence-corrected chi connectivity index (χ3v) is 3.75. The van der Waals surface area contributed by atoms with Crippen LogP contribution in [-0.4, -0.2) is 18.8 Å². The molecule has 0 saturated carbocycles. The van der Waals surface area contributed by atoms with Crippen molar-refractivity contribution in [2.45, 2.75) is 44.7 Å². The van der Waals surface area contributed by atoms with Crippen LogP contribution in [-0.2, 0) is 0 Å². The summed E-state index contributed by atoms with van der Waals surface area (Å²) in [6.45, 7) is 3.61. The molecular formula is C12H20FN. The van der Waals surface area contributed by atoms with Gasteiger partial charge in [-0.15, -0.1) is 0 Å². The molecule has 1 N–H and O–H groups in total. The van der Waals surface area contributed by atoms with Gasteiger partial charge in [-0.05, 0) is 51.1 Å². The van der Waals surface area contributed by atoms with Crippen molar-refractivity contribution in [1.82, 2.24) is 5.32 Å². The van der Waals surface area contributed by atoms with Gasteiger partial charge in [0.15, 0.2) is 0 Å². The van der Waals surface area contributed by atoms with Crippen LogP contribution in [0.15, 0.2) is 11.6 Å². The normalized spacial score (nSPS) is 32.4. The molecular weight excluding hydrogens is 177 g/mol. The second kappa shape index (κ2) is 4.01. The Hall–Kier alpha value is -0.370. The van der Waals surface area contributed by atoms with Crippen molar-refractivity contribution in [1.29, 1.82) is 0 Å². The lowest BCUT2D eigenvalue weighted by Crippen LogP contribution is -2.34. The zero-order valence-corrected chi connectivity index (χ0v) is 8.98. The first-order valence-electron chi connectivity index (χ1n) is 5.80. The minimum absolute atomic E-state index is 0.201. The number of halogens is 1. The van der Waals surface area contributed by atoms with Crippen molar-refractivity contribution in [2.75, 3.05) is 13.1 Å². The average Bonchev–Trinajstić information content (AvgIpc) is 2.72. The Labute approximate surface area is 85.8 Å². The van der Waals surface area contributed by atoms with Crippen LogP contribution in [0.1, 0.15) is 39.0 Å². The molecule has 0 aromatic heterocycles. The summed E-state index contributed by atoms with van der Waals surface area (Å²) in [5.41, 5.74) is 0.0154. The fraction of sp³-hybridized carbons (Fsp3) is 0.833. The SMILES string of the molecule is CC(F)(C1=CCCCC1)C1CCNC1. The Morgan fingerprint density at radius 1 is 1.50 bits per heavy atom. The molecule has 0 radical (unpaired) electrons. The first-order valence-corrected chi connectivity index (χ1v) is 5.80. The molecule has 1 fully saturated rings. The van der Waals surface area contributed by atoms with E-state index in [1.54, 1.807) is 6.92 Å². The second-order valence-electron chi connectivity index (χ2n) is 4.74. The van der Waals surface area contributed by atoms with Gasteiger partial charge in [0, 0.05) is 12.5 Å². The Morgan fingerprint density at radius 2 is 2.36 bits per heavy atom. The molecule has 2 aliphatic rings. The van der Waals surface area contributed by atoms with Crippen LogP contribution in [0.3, 0.4) is 0 Å². The lowest BCUT2D eigenvalue weighted by molar-refractivity contribution is 0.149. The van der Waals surface area contributed by atoms with E-state index in [1.165, 1.54) is 12.8 Å². The van der Waals surface area contributed by atoms with Gasteiger partial charge in [0.1, 0.15) is 5.67 Å². The Kier molecular flexibility index (Phi) is 2.91. The third kappa shape index (κ3) is 1.85. The number of hydrogen-bond acceptors (Lipinski definition) is 1. The molecule has 80 valence electrons. The Bertz CT molecular complexity index is 226. The van der Waals surface area contributed by atoms with E-state index in [0.29, 0.717) is 0 Å². The van der Waals surface area contributed by atoms with E-state index in [9.17, 15) is 4.39 Å². The van der Waals surface area contributed by atoms with E-state index in [1.807, 2.05) is 0 Å². The Balaban J connectivity index is 2.08. The molecule has 2 atom stereocenters. The van der Waals surface area contributed by atoms with Gasteiger partial charge in [-0.3, -0.25) is 0 Å². The first kappa shape index (κ1) is 10.2. The van der Waals surface area contributed by atoms with Gasteiger partial charge in [0.25, 0.3) is 0 Å². The molecule has 0 bridgehead atoms. The van der Waals surface area contributed by atoms with Crippen LogP contribution in [0.5, 0.6) is 0 Å². The molecule has 0 aromatic carbocycles. The second-order valence-corrected chi connectivity index (χ2v) is 4.74. The third-order valence-electron chi connectivity index (χ3n) is 3.75. The molecule has 2 unspecified atom stereocenters. The minimum Gasteiger partial charge on any atom is -0.316 e. The number of hydrogen-bond donors (Lipinski definition) is 1. The molecule has 1 aliphatic carbocycles. The van der Waals surface area contributed by atoms with Crippen molar-refractivity contribution in [2.24, 2.45) is 5.92 Å². The van der Waals surface area contributed by atoms with E-state index < -0.39 is 5.67 Å². The standard InChI is InChI=1S/C12H20FN/c1-12(13,11-7-8-14-9-11)10-5-3-2-4-6-10/h5,11,14H,2-4,6-9H2,1H3. The molecule has 14 heavy (non-hydrogen) atoms. The summed E-state index contributed by atoms with van der Waals surface area (Å²) < 4.78 is 14.6. The van der Waals surface area contributed by atoms with Gasteiger partial charge in [0.2, 0.25) is 0 Å². The average molecular weight is 197 g/mol. The van der Waals surface area contributed by atoms with Crippen LogP contribution >= 0.6 is 0 Å². The zero-order chi connectivity index (χ0) is 10.0. The summed E-state index contributed by atoms with van der Waals surface area (Å²) in [4.78, 5) is 0. The lowest BCUT2D eigenvalue weighted by Gasteiger charge is -2.31. The predicted octanol–water partition coefficient (Wildman–Crippen LogP) is 2.82. The molecule has 2 heteroatoms. The van der Waals surface area contributed by atoms with Gasteiger partial charge < -0.3 is 5.32 Å². The highest BCUT2D eigenvalue weighted by molar-refractivity contribution is 5.20. The van der Waals surface area contributed by atoms with E-state index in [4.69, 9.17) is 0 Å². The highest BCUT2D eigenvalue weighted by atomic mass is 19.1. The smallest absolute Gasteiger partial charge is 0.133 e. The number of nitrogens with one attached hydrogen (secondary N) is 1. The van der Waals surface area contributed by atoms with Gasteiger partial charge in [-0.25, -0.2) is 4.39 Å². The lowest BCUT2D eigenvalue weighted by atomic mass is 9.79. The van der Waals surface area contributed by atoms with Crippen LogP contribution in [0.4, 0.5) is 4.39 Å². The molecule has 2 rings (SSSR count). The van der Waals surface area contributed by atoms with Gasteiger partial charge in [-0.2, -0.15) is 0 Å². The first-order chi connectivity index (χ1) is 6.71. The van der Waals surface area contributed by atoms with E-state index in [0.717, 1.165) is 37.9 Å². The largest absolute Gasteiger partial charge is 0.316 e. The molecule has 1 nitrogen and oxygen atoms in total. The van der Waals surface area contributed by atoms with E-state index in [2.05, 4.69) is 11.4 Å². The van der Waals surface area contributed by atoms with Crippen LogP contribution in [0, 0.1) is 5.92 Å².